The summed E-state index contributed by atoms with van der Waals surface area (Å²) in [6, 6.07) is 4.29. The molecule has 114 valence electrons. The molecule has 0 spiro atoms. The van der Waals surface area contributed by atoms with E-state index in [1.807, 2.05) is 0 Å². The van der Waals surface area contributed by atoms with E-state index in [1.54, 1.807) is 0 Å². The molecule has 21 heavy (non-hydrogen) atoms. The van der Waals surface area contributed by atoms with Crippen molar-refractivity contribution < 1.29 is 18.9 Å². The van der Waals surface area contributed by atoms with Crippen molar-refractivity contribution in [3.05, 3.63) is 28.8 Å². The van der Waals surface area contributed by atoms with Crippen molar-refractivity contribution in [3.8, 4) is 0 Å². The Morgan fingerprint density at radius 3 is 2.62 bits per heavy atom. The lowest BCUT2D eigenvalue weighted by Gasteiger charge is -2.11. The third-order valence-electron chi connectivity index (χ3n) is 3.41. The predicted molar refractivity (Wildman–Crippen MR) is 80.1 cm³/mol. The van der Waals surface area contributed by atoms with Crippen molar-refractivity contribution in [2.45, 2.75) is 36.6 Å². The number of amides is 1. The molecule has 1 atom stereocenters. The second-order valence-electron chi connectivity index (χ2n) is 4.99. The van der Waals surface area contributed by atoms with E-state index in [2.05, 4.69) is 5.32 Å². The van der Waals surface area contributed by atoms with Crippen LogP contribution in [0.25, 0.3) is 0 Å². The van der Waals surface area contributed by atoms with Gasteiger partial charge in [-0.1, -0.05) is 24.4 Å². The van der Waals surface area contributed by atoms with E-state index < -0.39 is 16.8 Å². The maximum absolute atomic E-state index is 12.1. The third kappa shape index (κ3) is 4.28. The van der Waals surface area contributed by atoms with Crippen LogP contribution in [0.3, 0.4) is 0 Å². The van der Waals surface area contributed by atoms with E-state index in [4.69, 9.17) is 16.7 Å². The van der Waals surface area contributed by atoms with E-state index in [1.165, 1.54) is 18.2 Å². The van der Waals surface area contributed by atoms with Crippen LogP contribution in [0.2, 0.25) is 5.02 Å². The number of rotatable bonds is 5. The van der Waals surface area contributed by atoms with Gasteiger partial charge in [-0.05, 0) is 31.0 Å². The van der Waals surface area contributed by atoms with E-state index >= 15 is 0 Å². The Hall–Kier alpha value is -1.40. The van der Waals surface area contributed by atoms with Crippen molar-refractivity contribution in [2.24, 2.45) is 0 Å². The first-order valence-electron chi connectivity index (χ1n) is 6.68. The van der Waals surface area contributed by atoms with Gasteiger partial charge >= 0.3 is 5.97 Å². The lowest BCUT2D eigenvalue weighted by molar-refractivity contribution is -0.119. The van der Waals surface area contributed by atoms with E-state index in [9.17, 15) is 13.8 Å². The zero-order valence-corrected chi connectivity index (χ0v) is 12.9. The molecule has 0 aromatic heterocycles. The summed E-state index contributed by atoms with van der Waals surface area (Å²) >= 11 is 5.76. The van der Waals surface area contributed by atoms with Gasteiger partial charge in [0.25, 0.3) is 0 Å². The standard InChI is InChI=1S/C14H16ClNO4S/c15-12-6-5-10(7-11(12)14(18)19)21(20)8-13(17)16-9-3-1-2-4-9/h5-7,9H,1-4,8H2,(H,16,17)(H,18,19). The van der Waals surface area contributed by atoms with Gasteiger partial charge in [-0.3, -0.25) is 9.00 Å². The number of halogens is 1. The minimum Gasteiger partial charge on any atom is -0.478 e. The molecule has 1 fully saturated rings. The fourth-order valence-electron chi connectivity index (χ4n) is 2.35. The second kappa shape index (κ2) is 7.04. The SMILES string of the molecule is O=C(CS(=O)c1ccc(Cl)c(C(=O)O)c1)NC1CCCC1. The first-order valence-corrected chi connectivity index (χ1v) is 8.37. The van der Waals surface area contributed by atoms with Gasteiger partial charge < -0.3 is 10.4 Å². The van der Waals surface area contributed by atoms with Crippen LogP contribution in [-0.2, 0) is 15.6 Å². The normalized spacial score (nSPS) is 16.6. The molecule has 2 rings (SSSR count). The summed E-state index contributed by atoms with van der Waals surface area (Å²) in [5.41, 5.74) is -0.112. The van der Waals surface area contributed by atoms with Crippen LogP contribution in [0.5, 0.6) is 0 Å². The van der Waals surface area contributed by atoms with Gasteiger partial charge in [-0.25, -0.2) is 4.79 Å². The van der Waals surface area contributed by atoms with E-state index in [0.29, 0.717) is 4.90 Å². The highest BCUT2D eigenvalue weighted by Gasteiger charge is 2.19. The number of nitrogens with one attached hydrogen (secondary N) is 1. The van der Waals surface area contributed by atoms with Crippen LogP contribution < -0.4 is 5.32 Å². The van der Waals surface area contributed by atoms with Crippen LogP contribution in [0.1, 0.15) is 36.0 Å². The van der Waals surface area contributed by atoms with Crippen molar-refractivity contribution >= 4 is 34.3 Å². The molecule has 1 saturated carbocycles. The van der Waals surface area contributed by atoms with Crippen LogP contribution in [0.4, 0.5) is 0 Å². The number of carbonyl (C=O) groups is 2. The summed E-state index contributed by atoms with van der Waals surface area (Å²) in [6.07, 6.45) is 4.13. The molecule has 5 nitrogen and oxygen atoms in total. The summed E-state index contributed by atoms with van der Waals surface area (Å²) in [4.78, 5) is 23.1. The molecular weight excluding hydrogens is 314 g/mol. The molecule has 0 aliphatic heterocycles. The smallest absolute Gasteiger partial charge is 0.337 e. The van der Waals surface area contributed by atoms with Crippen LogP contribution in [0.15, 0.2) is 23.1 Å². The molecule has 1 amide bonds. The lowest BCUT2D eigenvalue weighted by Crippen LogP contribution is -2.35. The maximum atomic E-state index is 12.1. The average Bonchev–Trinajstić information content (AvgIpc) is 2.91. The Morgan fingerprint density at radius 2 is 2.00 bits per heavy atom. The van der Waals surface area contributed by atoms with Crippen molar-refractivity contribution in [2.75, 3.05) is 5.75 Å². The Bertz CT molecular complexity index is 584. The molecule has 2 N–H and O–H groups in total. The van der Waals surface area contributed by atoms with Gasteiger partial charge in [-0.15, -0.1) is 0 Å². The minimum atomic E-state index is -1.58. The van der Waals surface area contributed by atoms with Gasteiger partial charge in [0.2, 0.25) is 5.91 Å². The molecule has 0 saturated heterocycles. The number of carboxylic acids is 1. The summed E-state index contributed by atoms with van der Waals surface area (Å²) in [5, 5.41) is 11.9. The summed E-state index contributed by atoms with van der Waals surface area (Å²) in [6.45, 7) is 0. The van der Waals surface area contributed by atoms with E-state index in [0.717, 1.165) is 25.7 Å². The molecule has 0 radical (unpaired) electrons. The molecule has 1 aromatic carbocycles. The first-order chi connectivity index (χ1) is 9.97. The molecule has 0 bridgehead atoms. The third-order valence-corrected chi connectivity index (χ3v) is 5.05. The maximum Gasteiger partial charge on any atom is 0.337 e. The summed E-state index contributed by atoms with van der Waals surface area (Å²) in [7, 11) is -1.58. The average molecular weight is 330 g/mol. The van der Waals surface area contributed by atoms with E-state index in [-0.39, 0.29) is 28.3 Å². The number of hydrogen-bond donors (Lipinski definition) is 2. The monoisotopic (exact) mass is 329 g/mol. The van der Waals surface area contributed by atoms with Gasteiger partial charge in [-0.2, -0.15) is 0 Å². The number of benzene rings is 1. The fraction of sp³-hybridized carbons (Fsp3) is 0.429. The molecule has 1 aliphatic carbocycles. The summed E-state index contributed by atoms with van der Waals surface area (Å²) in [5.74, 6) is -1.63. The zero-order chi connectivity index (χ0) is 15.4. The minimum absolute atomic E-state index is 0.0821. The van der Waals surface area contributed by atoms with Gasteiger partial charge in [0, 0.05) is 10.9 Å². The largest absolute Gasteiger partial charge is 0.478 e. The molecule has 1 aromatic rings. The van der Waals surface area contributed by atoms with Crippen LogP contribution >= 0.6 is 11.6 Å². The molecule has 7 heteroatoms. The molecule has 1 aliphatic rings. The Balaban J connectivity index is 2.01. The summed E-state index contributed by atoms with van der Waals surface area (Å²) < 4.78 is 12.1. The highest BCUT2D eigenvalue weighted by molar-refractivity contribution is 7.85. The Morgan fingerprint density at radius 1 is 1.33 bits per heavy atom. The highest BCUT2D eigenvalue weighted by atomic mass is 35.5. The van der Waals surface area contributed by atoms with Crippen molar-refractivity contribution in [3.63, 3.8) is 0 Å². The first kappa shape index (κ1) is 16.0. The van der Waals surface area contributed by atoms with Gasteiger partial charge in [0.15, 0.2) is 0 Å². The molecule has 1 unspecified atom stereocenters. The van der Waals surface area contributed by atoms with Gasteiger partial charge in [0.05, 0.1) is 21.4 Å². The fourth-order valence-corrected chi connectivity index (χ4v) is 3.51. The van der Waals surface area contributed by atoms with Crippen LogP contribution in [-0.4, -0.2) is 33.0 Å². The predicted octanol–water partition coefficient (Wildman–Crippen LogP) is 2.20. The Kier molecular flexibility index (Phi) is 5.36. The molecule has 0 heterocycles. The lowest BCUT2D eigenvalue weighted by atomic mass is 10.2. The Labute approximate surface area is 130 Å². The topological polar surface area (TPSA) is 83.5 Å². The van der Waals surface area contributed by atoms with Gasteiger partial charge in [0.1, 0.15) is 5.75 Å². The number of carboxylic acid groups (broad SMARTS) is 1. The quantitative estimate of drug-likeness (QED) is 0.867. The second-order valence-corrected chi connectivity index (χ2v) is 6.84. The van der Waals surface area contributed by atoms with Crippen LogP contribution in [0, 0.1) is 0 Å². The number of carbonyl (C=O) groups excluding carboxylic acids is 1. The zero-order valence-electron chi connectivity index (χ0n) is 11.3. The van der Waals surface area contributed by atoms with Crippen molar-refractivity contribution in [1.82, 2.24) is 5.32 Å². The van der Waals surface area contributed by atoms with Crippen molar-refractivity contribution in [1.29, 1.82) is 0 Å². The number of hydrogen-bond acceptors (Lipinski definition) is 3. The highest BCUT2D eigenvalue weighted by Crippen LogP contribution is 2.20. The number of aromatic carboxylic acids is 1. The molecular formula is C14H16ClNO4S.